The minimum Gasteiger partial charge on any atom is -0.241 e. The van der Waals surface area contributed by atoms with Crippen LogP contribution in [0, 0.1) is 12.3 Å². The molecule has 0 aromatic carbocycles. The van der Waals surface area contributed by atoms with E-state index in [1.807, 2.05) is 19.2 Å². The molecule has 0 saturated carbocycles. The normalized spacial score (nSPS) is 11.7. The van der Waals surface area contributed by atoms with Crippen molar-refractivity contribution in [1.82, 2.24) is 9.97 Å². The van der Waals surface area contributed by atoms with E-state index >= 15 is 0 Å². The molecule has 0 aliphatic carbocycles. The van der Waals surface area contributed by atoms with Gasteiger partial charge in [0.1, 0.15) is 5.82 Å². The van der Waals surface area contributed by atoms with Crippen molar-refractivity contribution < 1.29 is 0 Å². The molecule has 0 fully saturated rings. The molecule has 0 spiro atoms. The van der Waals surface area contributed by atoms with Gasteiger partial charge in [-0.05, 0) is 18.4 Å². The number of aromatic nitrogens is 2. The van der Waals surface area contributed by atoms with Crippen molar-refractivity contribution in [3.05, 3.63) is 23.8 Å². The summed E-state index contributed by atoms with van der Waals surface area (Å²) >= 11 is 0. The van der Waals surface area contributed by atoms with Crippen LogP contribution in [0.15, 0.2) is 12.3 Å². The monoisotopic (exact) mass is 164 g/mol. The number of hydrogen-bond acceptors (Lipinski definition) is 2. The smallest absolute Gasteiger partial charge is 0.129 e. The predicted molar refractivity (Wildman–Crippen MR) is 49.9 cm³/mol. The van der Waals surface area contributed by atoms with E-state index in [1.54, 1.807) is 0 Å². The third-order valence-corrected chi connectivity index (χ3v) is 1.53. The first-order valence-corrected chi connectivity index (χ1v) is 4.26. The van der Waals surface area contributed by atoms with E-state index in [2.05, 4.69) is 30.7 Å². The van der Waals surface area contributed by atoms with Gasteiger partial charge in [0, 0.05) is 18.3 Å². The minimum absolute atomic E-state index is 0.272. The van der Waals surface area contributed by atoms with Crippen LogP contribution < -0.4 is 0 Å². The maximum atomic E-state index is 4.35. The van der Waals surface area contributed by atoms with Gasteiger partial charge in [-0.3, -0.25) is 0 Å². The van der Waals surface area contributed by atoms with E-state index in [1.165, 1.54) is 0 Å². The molecule has 1 heterocycles. The molecular formula is C10H16N2. The second-order valence-electron chi connectivity index (χ2n) is 4.35. The van der Waals surface area contributed by atoms with Crippen LogP contribution in [0.25, 0.3) is 0 Å². The van der Waals surface area contributed by atoms with Crippen molar-refractivity contribution in [3.8, 4) is 0 Å². The third-order valence-electron chi connectivity index (χ3n) is 1.53. The first-order valence-electron chi connectivity index (χ1n) is 4.26. The number of hydrogen-bond donors (Lipinski definition) is 0. The molecule has 12 heavy (non-hydrogen) atoms. The van der Waals surface area contributed by atoms with E-state index in [0.29, 0.717) is 0 Å². The predicted octanol–water partition coefficient (Wildman–Crippen LogP) is 2.37. The number of aryl methyl sites for hydroxylation is 1. The molecule has 0 radical (unpaired) electrons. The number of rotatable bonds is 1. The highest BCUT2D eigenvalue weighted by molar-refractivity contribution is 5.00. The zero-order valence-electron chi connectivity index (χ0n) is 8.26. The van der Waals surface area contributed by atoms with E-state index < -0.39 is 0 Å². The fourth-order valence-corrected chi connectivity index (χ4v) is 1.06. The van der Waals surface area contributed by atoms with Gasteiger partial charge in [-0.15, -0.1) is 0 Å². The Morgan fingerprint density at radius 3 is 2.50 bits per heavy atom. The summed E-state index contributed by atoms with van der Waals surface area (Å²) in [6.45, 7) is 8.57. The molecule has 0 aliphatic rings. The van der Waals surface area contributed by atoms with Crippen molar-refractivity contribution in [3.63, 3.8) is 0 Å². The minimum atomic E-state index is 0.272. The van der Waals surface area contributed by atoms with Crippen LogP contribution in [0.4, 0.5) is 0 Å². The molecule has 1 aromatic heterocycles. The van der Waals surface area contributed by atoms with Crippen LogP contribution >= 0.6 is 0 Å². The Hall–Kier alpha value is -0.920. The highest BCUT2D eigenvalue weighted by Crippen LogP contribution is 2.17. The summed E-state index contributed by atoms with van der Waals surface area (Å²) in [7, 11) is 0. The number of nitrogens with zero attached hydrogens (tertiary/aromatic N) is 2. The lowest BCUT2D eigenvalue weighted by molar-refractivity contribution is 0.400. The van der Waals surface area contributed by atoms with Gasteiger partial charge in [0.05, 0.1) is 0 Å². The maximum absolute atomic E-state index is 4.35. The Labute approximate surface area is 74.1 Å². The zero-order chi connectivity index (χ0) is 9.19. The molecule has 0 aliphatic heterocycles. The van der Waals surface area contributed by atoms with Gasteiger partial charge in [-0.25, -0.2) is 9.97 Å². The summed E-state index contributed by atoms with van der Waals surface area (Å²) in [4.78, 5) is 8.56. The van der Waals surface area contributed by atoms with E-state index in [9.17, 15) is 0 Å². The SMILES string of the molecule is Cc1ccnc(CC(C)(C)C)n1. The Bertz CT molecular complexity index is 261. The molecular weight excluding hydrogens is 148 g/mol. The molecule has 0 atom stereocenters. The highest BCUT2D eigenvalue weighted by atomic mass is 14.9. The average molecular weight is 164 g/mol. The molecule has 0 amide bonds. The molecule has 1 aromatic rings. The summed E-state index contributed by atoms with van der Waals surface area (Å²) in [5.74, 6) is 0.947. The van der Waals surface area contributed by atoms with E-state index in [4.69, 9.17) is 0 Å². The molecule has 0 saturated heterocycles. The maximum Gasteiger partial charge on any atom is 0.129 e. The standard InChI is InChI=1S/C10H16N2/c1-8-5-6-11-9(12-8)7-10(2,3)4/h5-6H,7H2,1-4H3. The summed E-state index contributed by atoms with van der Waals surface area (Å²) in [5, 5.41) is 0. The van der Waals surface area contributed by atoms with Crippen molar-refractivity contribution in [2.45, 2.75) is 34.1 Å². The summed E-state index contributed by atoms with van der Waals surface area (Å²) in [6, 6.07) is 1.92. The van der Waals surface area contributed by atoms with Gasteiger partial charge in [0.15, 0.2) is 0 Å². The Morgan fingerprint density at radius 1 is 1.33 bits per heavy atom. The van der Waals surface area contributed by atoms with Gasteiger partial charge < -0.3 is 0 Å². The van der Waals surface area contributed by atoms with E-state index in [0.717, 1.165) is 17.9 Å². The van der Waals surface area contributed by atoms with Gasteiger partial charge in [0.2, 0.25) is 0 Å². The van der Waals surface area contributed by atoms with Gasteiger partial charge in [-0.2, -0.15) is 0 Å². The van der Waals surface area contributed by atoms with Gasteiger partial charge in [0.25, 0.3) is 0 Å². The quantitative estimate of drug-likeness (QED) is 0.637. The summed E-state index contributed by atoms with van der Waals surface area (Å²) < 4.78 is 0. The Balaban J connectivity index is 2.77. The fourth-order valence-electron chi connectivity index (χ4n) is 1.06. The van der Waals surface area contributed by atoms with Crippen LogP contribution in [0.3, 0.4) is 0 Å². The molecule has 0 unspecified atom stereocenters. The molecule has 2 nitrogen and oxygen atoms in total. The third kappa shape index (κ3) is 2.99. The zero-order valence-corrected chi connectivity index (χ0v) is 8.26. The van der Waals surface area contributed by atoms with Gasteiger partial charge >= 0.3 is 0 Å². The van der Waals surface area contributed by atoms with Crippen molar-refractivity contribution in [2.24, 2.45) is 5.41 Å². The Morgan fingerprint density at radius 2 is 2.00 bits per heavy atom. The van der Waals surface area contributed by atoms with Crippen LogP contribution in [0.5, 0.6) is 0 Å². The summed E-state index contributed by atoms with van der Waals surface area (Å²) in [6.07, 6.45) is 2.76. The largest absolute Gasteiger partial charge is 0.241 e. The first kappa shape index (κ1) is 9.17. The van der Waals surface area contributed by atoms with E-state index in [-0.39, 0.29) is 5.41 Å². The van der Waals surface area contributed by atoms with Gasteiger partial charge in [-0.1, -0.05) is 20.8 Å². The lowest BCUT2D eigenvalue weighted by Gasteiger charge is -2.16. The topological polar surface area (TPSA) is 25.8 Å². The van der Waals surface area contributed by atoms with Crippen molar-refractivity contribution in [2.75, 3.05) is 0 Å². The van der Waals surface area contributed by atoms with Crippen molar-refractivity contribution in [1.29, 1.82) is 0 Å². The van der Waals surface area contributed by atoms with Crippen LogP contribution in [0.1, 0.15) is 32.3 Å². The van der Waals surface area contributed by atoms with Crippen molar-refractivity contribution >= 4 is 0 Å². The van der Waals surface area contributed by atoms with Crippen LogP contribution in [-0.2, 0) is 6.42 Å². The lowest BCUT2D eigenvalue weighted by atomic mass is 9.92. The molecule has 2 heteroatoms. The average Bonchev–Trinajstić information content (AvgIpc) is 1.82. The lowest BCUT2D eigenvalue weighted by Crippen LogP contribution is -2.12. The molecule has 0 bridgehead atoms. The van der Waals surface area contributed by atoms with Crippen LogP contribution in [-0.4, -0.2) is 9.97 Å². The molecule has 66 valence electrons. The molecule has 0 N–H and O–H groups in total. The second-order valence-corrected chi connectivity index (χ2v) is 4.35. The molecule has 1 rings (SSSR count). The Kier molecular flexibility index (Phi) is 2.46. The second kappa shape index (κ2) is 3.21. The first-order chi connectivity index (χ1) is 5.47. The summed E-state index contributed by atoms with van der Waals surface area (Å²) in [5.41, 5.74) is 1.32. The fraction of sp³-hybridized carbons (Fsp3) is 0.600. The highest BCUT2D eigenvalue weighted by Gasteiger charge is 2.12. The van der Waals surface area contributed by atoms with Crippen LogP contribution in [0.2, 0.25) is 0 Å².